The minimum absolute atomic E-state index is 0.0616. The van der Waals surface area contributed by atoms with Crippen LogP contribution in [-0.2, 0) is 0 Å². The molecule has 0 aromatic heterocycles. The summed E-state index contributed by atoms with van der Waals surface area (Å²) in [5.41, 5.74) is 1.21. The van der Waals surface area contributed by atoms with Gasteiger partial charge in [-0.15, -0.1) is 0 Å². The zero-order valence-corrected chi connectivity index (χ0v) is 11.6. The molecule has 1 heterocycles. The number of amides is 1. The standard InChI is InChI=1S/C15H22N2O2/c1-12-3-5-13(6-4-12)14(18)17-9-7-15(19,8-10-17)11-16-2/h3-6,16,19H,7-11H2,1-2H3. The SMILES string of the molecule is CNCC1(O)CCN(C(=O)c2ccc(C)cc2)CC1. The first-order chi connectivity index (χ1) is 9.04. The second-order valence-electron chi connectivity index (χ2n) is 5.41. The van der Waals surface area contributed by atoms with E-state index in [1.807, 2.05) is 43.1 Å². The molecule has 0 bridgehead atoms. The van der Waals surface area contributed by atoms with Crippen molar-refractivity contribution in [3.63, 3.8) is 0 Å². The van der Waals surface area contributed by atoms with Gasteiger partial charge in [-0.3, -0.25) is 4.79 Å². The maximum Gasteiger partial charge on any atom is 0.253 e. The minimum Gasteiger partial charge on any atom is -0.388 e. The van der Waals surface area contributed by atoms with E-state index in [9.17, 15) is 9.90 Å². The summed E-state index contributed by atoms with van der Waals surface area (Å²) >= 11 is 0. The number of aryl methyl sites for hydroxylation is 1. The van der Waals surface area contributed by atoms with Crippen molar-refractivity contribution in [1.82, 2.24) is 10.2 Å². The van der Waals surface area contributed by atoms with Crippen molar-refractivity contribution in [2.24, 2.45) is 0 Å². The molecular formula is C15H22N2O2. The predicted octanol–water partition coefficient (Wildman–Crippen LogP) is 1.18. The summed E-state index contributed by atoms with van der Waals surface area (Å²) in [7, 11) is 1.84. The van der Waals surface area contributed by atoms with E-state index in [0.717, 1.165) is 11.1 Å². The van der Waals surface area contributed by atoms with Crippen LogP contribution in [0.15, 0.2) is 24.3 Å². The van der Waals surface area contributed by atoms with Gasteiger partial charge in [0.25, 0.3) is 5.91 Å². The zero-order chi connectivity index (χ0) is 13.9. The highest BCUT2D eigenvalue weighted by atomic mass is 16.3. The first kappa shape index (κ1) is 14.0. The molecule has 1 fully saturated rings. The van der Waals surface area contributed by atoms with Crippen LogP contribution >= 0.6 is 0 Å². The first-order valence-corrected chi connectivity index (χ1v) is 6.77. The average Bonchev–Trinajstić information content (AvgIpc) is 2.40. The fourth-order valence-corrected chi connectivity index (χ4v) is 2.51. The first-order valence-electron chi connectivity index (χ1n) is 6.77. The van der Waals surface area contributed by atoms with Crippen molar-refractivity contribution >= 4 is 5.91 Å². The Kier molecular flexibility index (Phi) is 4.22. The average molecular weight is 262 g/mol. The van der Waals surface area contributed by atoms with Crippen LogP contribution in [0.3, 0.4) is 0 Å². The van der Waals surface area contributed by atoms with E-state index < -0.39 is 5.60 Å². The molecule has 1 amide bonds. The van der Waals surface area contributed by atoms with Crippen LogP contribution < -0.4 is 5.32 Å². The maximum absolute atomic E-state index is 12.3. The van der Waals surface area contributed by atoms with Crippen LogP contribution in [0.25, 0.3) is 0 Å². The van der Waals surface area contributed by atoms with E-state index in [-0.39, 0.29) is 5.91 Å². The number of carbonyl (C=O) groups is 1. The van der Waals surface area contributed by atoms with Crippen LogP contribution in [-0.4, -0.2) is 48.2 Å². The monoisotopic (exact) mass is 262 g/mol. The van der Waals surface area contributed by atoms with Crippen molar-refractivity contribution in [2.75, 3.05) is 26.7 Å². The second kappa shape index (κ2) is 5.72. The Bertz CT molecular complexity index is 434. The summed E-state index contributed by atoms with van der Waals surface area (Å²) in [5.74, 6) is 0.0616. The lowest BCUT2D eigenvalue weighted by Gasteiger charge is -2.38. The van der Waals surface area contributed by atoms with Crippen LogP contribution in [0.2, 0.25) is 0 Å². The maximum atomic E-state index is 12.3. The van der Waals surface area contributed by atoms with Crippen molar-refractivity contribution in [2.45, 2.75) is 25.4 Å². The van der Waals surface area contributed by atoms with E-state index in [4.69, 9.17) is 0 Å². The summed E-state index contributed by atoms with van der Waals surface area (Å²) in [5, 5.41) is 13.3. The van der Waals surface area contributed by atoms with Crippen molar-refractivity contribution < 1.29 is 9.90 Å². The summed E-state index contributed by atoms with van der Waals surface area (Å²) in [6, 6.07) is 7.64. The van der Waals surface area contributed by atoms with Gasteiger partial charge in [-0.05, 0) is 38.9 Å². The van der Waals surface area contributed by atoms with E-state index >= 15 is 0 Å². The van der Waals surface area contributed by atoms with Gasteiger partial charge in [0.15, 0.2) is 0 Å². The highest BCUT2D eigenvalue weighted by molar-refractivity contribution is 5.94. The third kappa shape index (κ3) is 3.33. The Morgan fingerprint density at radius 3 is 2.42 bits per heavy atom. The van der Waals surface area contributed by atoms with E-state index in [2.05, 4.69) is 5.32 Å². The smallest absolute Gasteiger partial charge is 0.253 e. The fraction of sp³-hybridized carbons (Fsp3) is 0.533. The largest absolute Gasteiger partial charge is 0.388 e. The molecule has 19 heavy (non-hydrogen) atoms. The molecule has 4 heteroatoms. The molecule has 104 valence electrons. The fourth-order valence-electron chi connectivity index (χ4n) is 2.51. The number of hydrogen-bond donors (Lipinski definition) is 2. The number of hydrogen-bond acceptors (Lipinski definition) is 3. The Balaban J connectivity index is 1.98. The molecule has 0 radical (unpaired) electrons. The molecule has 4 nitrogen and oxygen atoms in total. The van der Waals surface area contributed by atoms with Crippen LogP contribution in [0, 0.1) is 6.92 Å². The summed E-state index contributed by atoms with van der Waals surface area (Å²) < 4.78 is 0. The number of likely N-dealkylation sites (N-methyl/N-ethyl adjacent to an activating group) is 1. The molecule has 0 unspecified atom stereocenters. The van der Waals surface area contributed by atoms with Gasteiger partial charge >= 0.3 is 0 Å². The van der Waals surface area contributed by atoms with Crippen LogP contribution in [0.4, 0.5) is 0 Å². The van der Waals surface area contributed by atoms with Gasteiger partial charge in [0, 0.05) is 25.2 Å². The number of benzene rings is 1. The summed E-state index contributed by atoms with van der Waals surface area (Å²) in [6.45, 7) is 3.82. The Morgan fingerprint density at radius 1 is 1.32 bits per heavy atom. The number of nitrogens with one attached hydrogen (secondary N) is 1. The van der Waals surface area contributed by atoms with Crippen molar-refractivity contribution in [1.29, 1.82) is 0 Å². The van der Waals surface area contributed by atoms with Gasteiger partial charge in [0.05, 0.1) is 5.60 Å². The van der Waals surface area contributed by atoms with E-state index in [1.165, 1.54) is 0 Å². The lowest BCUT2D eigenvalue weighted by atomic mass is 9.91. The number of rotatable bonds is 3. The predicted molar refractivity (Wildman–Crippen MR) is 75.2 cm³/mol. The molecule has 0 spiro atoms. The molecule has 1 aliphatic rings. The number of carbonyl (C=O) groups excluding carboxylic acids is 1. The van der Waals surface area contributed by atoms with Gasteiger partial charge in [0.1, 0.15) is 0 Å². The highest BCUT2D eigenvalue weighted by Gasteiger charge is 2.33. The third-order valence-corrected chi connectivity index (χ3v) is 3.79. The third-order valence-electron chi connectivity index (χ3n) is 3.79. The molecule has 0 aliphatic carbocycles. The molecular weight excluding hydrogens is 240 g/mol. The number of likely N-dealkylation sites (tertiary alicyclic amines) is 1. The topological polar surface area (TPSA) is 52.6 Å². The van der Waals surface area contributed by atoms with Gasteiger partial charge in [-0.25, -0.2) is 0 Å². The lowest BCUT2D eigenvalue weighted by molar-refractivity contribution is -0.0143. The Hall–Kier alpha value is -1.39. The zero-order valence-electron chi connectivity index (χ0n) is 11.6. The normalized spacial score (nSPS) is 18.4. The summed E-state index contributed by atoms with van der Waals surface area (Å²) in [6.07, 6.45) is 1.26. The number of aliphatic hydroxyl groups is 1. The van der Waals surface area contributed by atoms with Crippen LogP contribution in [0.1, 0.15) is 28.8 Å². The Labute approximate surface area is 114 Å². The van der Waals surface area contributed by atoms with Crippen LogP contribution in [0.5, 0.6) is 0 Å². The molecule has 1 aromatic carbocycles. The molecule has 0 saturated carbocycles. The van der Waals surface area contributed by atoms with Crippen molar-refractivity contribution in [3.05, 3.63) is 35.4 Å². The number of piperidine rings is 1. The summed E-state index contributed by atoms with van der Waals surface area (Å²) in [4.78, 5) is 14.1. The van der Waals surface area contributed by atoms with E-state index in [0.29, 0.717) is 32.5 Å². The van der Waals surface area contributed by atoms with Gasteiger partial charge in [-0.1, -0.05) is 17.7 Å². The molecule has 2 rings (SSSR count). The lowest BCUT2D eigenvalue weighted by Crippen LogP contribution is -2.50. The van der Waals surface area contributed by atoms with Gasteiger partial charge < -0.3 is 15.3 Å². The van der Waals surface area contributed by atoms with Gasteiger partial charge in [-0.2, -0.15) is 0 Å². The second-order valence-corrected chi connectivity index (χ2v) is 5.41. The highest BCUT2D eigenvalue weighted by Crippen LogP contribution is 2.22. The molecule has 1 saturated heterocycles. The van der Waals surface area contributed by atoms with E-state index in [1.54, 1.807) is 0 Å². The van der Waals surface area contributed by atoms with Gasteiger partial charge in [0.2, 0.25) is 0 Å². The van der Waals surface area contributed by atoms with Crippen molar-refractivity contribution in [3.8, 4) is 0 Å². The molecule has 0 atom stereocenters. The molecule has 1 aromatic rings. The molecule has 1 aliphatic heterocycles. The minimum atomic E-state index is -0.668. The number of nitrogens with zero attached hydrogens (tertiary/aromatic N) is 1. The quantitative estimate of drug-likeness (QED) is 0.860. The Morgan fingerprint density at radius 2 is 1.89 bits per heavy atom. The molecule has 2 N–H and O–H groups in total.